The first-order valence-corrected chi connectivity index (χ1v) is 12.0. The van der Waals surface area contributed by atoms with Crippen molar-refractivity contribution in [1.82, 2.24) is 20.5 Å². The zero-order valence-corrected chi connectivity index (χ0v) is 19.5. The third-order valence-corrected chi connectivity index (χ3v) is 7.28. The SMILES string of the molecule is Cc1nc(-c2ccc(CNC(=O)CN3C(=O)N[C@@](C)(CCc4ccccc4)C3=O)s2)cs1. The smallest absolute Gasteiger partial charge is 0.325 e. The Morgan fingerprint density at radius 2 is 1.97 bits per heavy atom. The number of aryl methyl sites for hydroxylation is 2. The van der Waals surface area contributed by atoms with Gasteiger partial charge in [0.1, 0.15) is 12.1 Å². The van der Waals surface area contributed by atoms with Gasteiger partial charge in [-0.1, -0.05) is 30.3 Å². The topological polar surface area (TPSA) is 91.4 Å². The van der Waals surface area contributed by atoms with Gasteiger partial charge in [-0.2, -0.15) is 0 Å². The third kappa shape index (κ3) is 4.89. The molecule has 9 heteroatoms. The van der Waals surface area contributed by atoms with Crippen molar-refractivity contribution in [3.05, 3.63) is 63.3 Å². The van der Waals surface area contributed by atoms with E-state index >= 15 is 0 Å². The molecule has 4 rings (SSSR count). The summed E-state index contributed by atoms with van der Waals surface area (Å²) in [6.07, 6.45) is 1.12. The molecule has 1 aliphatic heterocycles. The first kappa shape index (κ1) is 22.2. The van der Waals surface area contributed by atoms with Gasteiger partial charge >= 0.3 is 6.03 Å². The summed E-state index contributed by atoms with van der Waals surface area (Å²) in [5.74, 6) is -0.744. The van der Waals surface area contributed by atoms with Crippen molar-refractivity contribution >= 4 is 40.5 Å². The molecule has 0 saturated carbocycles. The summed E-state index contributed by atoms with van der Waals surface area (Å²) < 4.78 is 0. The summed E-state index contributed by atoms with van der Waals surface area (Å²) in [6.45, 7) is 3.71. The number of thiazole rings is 1. The number of nitrogens with zero attached hydrogens (tertiary/aromatic N) is 2. The molecular weight excluding hydrogens is 444 g/mol. The highest BCUT2D eigenvalue weighted by Crippen LogP contribution is 2.29. The number of nitrogens with one attached hydrogen (secondary N) is 2. The van der Waals surface area contributed by atoms with Crippen LogP contribution < -0.4 is 10.6 Å². The molecule has 0 radical (unpaired) electrons. The Labute approximate surface area is 194 Å². The Balaban J connectivity index is 1.30. The summed E-state index contributed by atoms with van der Waals surface area (Å²) in [6, 6.07) is 13.2. The third-order valence-electron chi connectivity index (χ3n) is 5.40. The van der Waals surface area contributed by atoms with E-state index in [4.69, 9.17) is 0 Å². The second kappa shape index (κ2) is 9.22. The number of benzene rings is 1. The van der Waals surface area contributed by atoms with Crippen LogP contribution in [0.15, 0.2) is 47.8 Å². The van der Waals surface area contributed by atoms with Crippen molar-refractivity contribution in [3.63, 3.8) is 0 Å². The molecule has 2 aromatic heterocycles. The fraction of sp³-hybridized carbons (Fsp3) is 0.304. The number of urea groups is 1. The van der Waals surface area contributed by atoms with Crippen LogP contribution in [0.4, 0.5) is 4.79 Å². The Morgan fingerprint density at radius 3 is 2.69 bits per heavy atom. The lowest BCUT2D eigenvalue weighted by atomic mass is 9.93. The molecule has 0 unspecified atom stereocenters. The minimum atomic E-state index is -1.01. The average molecular weight is 469 g/mol. The van der Waals surface area contributed by atoms with E-state index < -0.39 is 11.6 Å². The predicted octanol–water partition coefficient (Wildman–Crippen LogP) is 3.74. The van der Waals surface area contributed by atoms with Gasteiger partial charge < -0.3 is 10.6 Å². The molecular formula is C23H24N4O3S2. The van der Waals surface area contributed by atoms with Crippen molar-refractivity contribution in [3.8, 4) is 10.6 Å². The second-order valence-electron chi connectivity index (χ2n) is 7.93. The van der Waals surface area contributed by atoms with Crippen molar-refractivity contribution in [2.24, 2.45) is 0 Å². The summed E-state index contributed by atoms with van der Waals surface area (Å²) in [7, 11) is 0. The lowest BCUT2D eigenvalue weighted by Gasteiger charge is -2.21. The van der Waals surface area contributed by atoms with Crippen LogP contribution in [0.1, 0.15) is 28.8 Å². The molecule has 0 aliphatic carbocycles. The average Bonchev–Trinajstić information content (AvgIpc) is 3.47. The van der Waals surface area contributed by atoms with E-state index in [1.165, 1.54) is 0 Å². The maximum Gasteiger partial charge on any atom is 0.325 e. The zero-order valence-electron chi connectivity index (χ0n) is 17.9. The molecule has 1 aromatic carbocycles. The first-order chi connectivity index (χ1) is 15.3. The van der Waals surface area contributed by atoms with Gasteiger partial charge in [-0.15, -0.1) is 22.7 Å². The Hall–Kier alpha value is -3.04. The molecule has 32 heavy (non-hydrogen) atoms. The highest BCUT2D eigenvalue weighted by Gasteiger charge is 2.47. The maximum absolute atomic E-state index is 12.9. The number of rotatable bonds is 8. The number of carbonyl (C=O) groups is 3. The summed E-state index contributed by atoms with van der Waals surface area (Å²) in [5, 5.41) is 8.58. The summed E-state index contributed by atoms with van der Waals surface area (Å²) in [5.41, 5.74) is 1.01. The molecule has 1 aliphatic rings. The van der Waals surface area contributed by atoms with Gasteiger partial charge in [-0.05, 0) is 44.4 Å². The van der Waals surface area contributed by atoms with Gasteiger partial charge in [0.05, 0.1) is 22.1 Å². The van der Waals surface area contributed by atoms with Crippen molar-refractivity contribution < 1.29 is 14.4 Å². The largest absolute Gasteiger partial charge is 0.350 e. The van der Waals surface area contributed by atoms with Crippen molar-refractivity contribution in [2.45, 2.75) is 38.8 Å². The van der Waals surface area contributed by atoms with Gasteiger partial charge in [-0.25, -0.2) is 9.78 Å². The molecule has 1 fully saturated rings. The van der Waals surface area contributed by atoms with Gasteiger partial charge in [0.25, 0.3) is 5.91 Å². The minimum Gasteiger partial charge on any atom is -0.350 e. The van der Waals surface area contributed by atoms with Crippen LogP contribution in [0.5, 0.6) is 0 Å². The van der Waals surface area contributed by atoms with E-state index in [2.05, 4.69) is 15.6 Å². The normalized spacial score (nSPS) is 18.1. The molecule has 4 amide bonds. The number of thiophene rings is 1. The molecule has 3 aromatic rings. The van der Waals surface area contributed by atoms with E-state index in [-0.39, 0.29) is 18.4 Å². The Kier molecular flexibility index (Phi) is 6.38. The van der Waals surface area contributed by atoms with Crippen LogP contribution in [0.3, 0.4) is 0 Å². The number of carbonyl (C=O) groups excluding carboxylic acids is 3. The highest BCUT2D eigenvalue weighted by atomic mass is 32.1. The van der Waals surface area contributed by atoms with Crippen molar-refractivity contribution in [1.29, 1.82) is 0 Å². The number of amides is 4. The number of imide groups is 1. The maximum atomic E-state index is 12.9. The van der Waals surface area contributed by atoms with Gasteiger partial charge in [0, 0.05) is 10.3 Å². The number of hydrogen-bond acceptors (Lipinski definition) is 6. The van der Waals surface area contributed by atoms with Crippen LogP contribution >= 0.6 is 22.7 Å². The molecule has 0 bridgehead atoms. The number of hydrogen-bond donors (Lipinski definition) is 2. The predicted molar refractivity (Wildman–Crippen MR) is 125 cm³/mol. The van der Waals surface area contributed by atoms with Gasteiger partial charge in [0.15, 0.2) is 0 Å². The first-order valence-electron chi connectivity index (χ1n) is 10.3. The highest BCUT2D eigenvalue weighted by molar-refractivity contribution is 7.16. The van der Waals surface area contributed by atoms with Crippen LogP contribution in [-0.4, -0.2) is 39.8 Å². The molecule has 3 heterocycles. The Bertz CT molecular complexity index is 1140. The molecule has 166 valence electrons. The fourth-order valence-corrected chi connectivity index (χ4v) is 5.17. The van der Waals surface area contributed by atoms with Crippen LogP contribution in [0.2, 0.25) is 0 Å². The van der Waals surface area contributed by atoms with E-state index in [9.17, 15) is 14.4 Å². The monoisotopic (exact) mass is 468 g/mol. The van der Waals surface area contributed by atoms with E-state index in [0.717, 1.165) is 30.9 Å². The standard InChI is InChI=1S/C23H24N4O3S2/c1-15-25-18(14-31-15)19-9-8-17(32-19)12-24-20(28)13-27-21(29)23(2,26-22(27)30)11-10-16-6-4-3-5-7-16/h3-9,14H,10-13H2,1-2H3,(H,24,28)(H,26,30)/t23-/m0/s1. The van der Waals surface area contributed by atoms with Crippen LogP contribution in [-0.2, 0) is 22.6 Å². The van der Waals surface area contributed by atoms with Gasteiger partial charge in [-0.3, -0.25) is 14.5 Å². The summed E-state index contributed by atoms with van der Waals surface area (Å²) >= 11 is 3.16. The van der Waals surface area contributed by atoms with E-state index in [0.29, 0.717) is 19.4 Å². The summed E-state index contributed by atoms with van der Waals surface area (Å²) in [4.78, 5) is 45.2. The minimum absolute atomic E-state index is 0.297. The van der Waals surface area contributed by atoms with E-state index in [1.54, 1.807) is 29.6 Å². The van der Waals surface area contributed by atoms with Crippen molar-refractivity contribution in [2.75, 3.05) is 6.54 Å². The fourth-order valence-electron chi connectivity index (χ4n) is 3.57. The molecule has 2 N–H and O–H groups in total. The quantitative estimate of drug-likeness (QED) is 0.493. The molecule has 0 spiro atoms. The molecule has 7 nitrogen and oxygen atoms in total. The van der Waals surface area contributed by atoms with Gasteiger partial charge in [0.2, 0.25) is 5.91 Å². The zero-order chi connectivity index (χ0) is 22.7. The molecule has 1 saturated heterocycles. The van der Waals surface area contributed by atoms with Crippen LogP contribution in [0.25, 0.3) is 10.6 Å². The number of aromatic nitrogens is 1. The second-order valence-corrected chi connectivity index (χ2v) is 10.2. The van der Waals surface area contributed by atoms with Crippen LogP contribution in [0, 0.1) is 6.92 Å². The Morgan fingerprint density at radius 1 is 1.19 bits per heavy atom. The lowest BCUT2D eigenvalue weighted by molar-refractivity contribution is -0.134. The van der Waals surface area contributed by atoms with E-state index in [1.807, 2.05) is 54.8 Å². The lowest BCUT2D eigenvalue weighted by Crippen LogP contribution is -2.45. The molecule has 1 atom stereocenters.